The monoisotopic (exact) mass is 171 g/mol. The number of rotatable bonds is 2. The van der Waals surface area contributed by atoms with Crippen LogP contribution in [0.1, 0.15) is 6.92 Å². The fourth-order valence-corrected chi connectivity index (χ4v) is 1.74. The molecule has 4 atom stereocenters. The second-order valence-electron chi connectivity index (χ2n) is 3.58. The lowest BCUT2D eigenvalue weighted by atomic mass is 10.3. The Morgan fingerprint density at radius 3 is 2.67 bits per heavy atom. The maximum Gasteiger partial charge on any atom is 0.248 e. The first-order valence-corrected chi connectivity index (χ1v) is 4.26. The number of fused-ring (bicyclic) bond motifs is 1. The van der Waals surface area contributed by atoms with Crippen molar-refractivity contribution in [3.05, 3.63) is 0 Å². The Balaban J connectivity index is 1.79. The molecule has 0 aromatic rings. The summed E-state index contributed by atoms with van der Waals surface area (Å²) in [6, 6.07) is 0.265. The Kier molecular flexibility index (Phi) is 1.81. The molecule has 2 fully saturated rings. The van der Waals surface area contributed by atoms with Gasteiger partial charge in [-0.2, -0.15) is 0 Å². The van der Waals surface area contributed by atoms with Crippen LogP contribution in [0.15, 0.2) is 0 Å². The van der Waals surface area contributed by atoms with Gasteiger partial charge in [-0.15, -0.1) is 0 Å². The van der Waals surface area contributed by atoms with Crippen LogP contribution >= 0.6 is 0 Å². The topological polar surface area (TPSA) is 58.6 Å². The molecule has 4 heteroatoms. The average molecular weight is 171 g/mol. The molecule has 0 aromatic carbocycles. The molecule has 0 bridgehead atoms. The van der Waals surface area contributed by atoms with E-state index >= 15 is 0 Å². The third-order valence-corrected chi connectivity index (χ3v) is 2.64. The maximum absolute atomic E-state index is 11.0. The normalized spacial score (nSPS) is 40.3. The van der Waals surface area contributed by atoms with Gasteiger partial charge in [0.1, 0.15) is 6.10 Å². The minimum absolute atomic E-state index is 0.265. The Morgan fingerprint density at radius 1 is 1.58 bits per heavy atom. The van der Waals surface area contributed by atoms with Gasteiger partial charge in [0.25, 0.3) is 0 Å². The minimum atomic E-state index is -0.896. The van der Waals surface area contributed by atoms with Crippen molar-refractivity contribution in [1.82, 2.24) is 5.32 Å². The van der Waals surface area contributed by atoms with Crippen LogP contribution in [0.3, 0.4) is 0 Å². The molecule has 1 heterocycles. The molecule has 2 N–H and O–H groups in total. The molecule has 2 rings (SSSR count). The highest BCUT2D eigenvalue weighted by molar-refractivity contribution is 5.80. The molecule has 1 amide bonds. The Morgan fingerprint density at radius 2 is 2.17 bits per heavy atom. The van der Waals surface area contributed by atoms with Gasteiger partial charge in [-0.1, -0.05) is 0 Å². The van der Waals surface area contributed by atoms with Gasteiger partial charge in [0.2, 0.25) is 5.91 Å². The summed E-state index contributed by atoms with van der Waals surface area (Å²) in [5.74, 6) is 0.745. The third-order valence-electron chi connectivity index (χ3n) is 2.64. The van der Waals surface area contributed by atoms with Gasteiger partial charge in [0.05, 0.1) is 13.2 Å². The summed E-state index contributed by atoms with van der Waals surface area (Å²) in [6.07, 6.45) is -0.896. The van der Waals surface area contributed by atoms with Crippen LogP contribution in [-0.4, -0.2) is 36.4 Å². The largest absolute Gasteiger partial charge is 0.384 e. The summed E-state index contributed by atoms with van der Waals surface area (Å²) in [6.45, 7) is 2.99. The van der Waals surface area contributed by atoms with Gasteiger partial charge in [-0.3, -0.25) is 4.79 Å². The van der Waals surface area contributed by atoms with E-state index < -0.39 is 6.10 Å². The standard InChI is InChI=1S/C8H13NO3/c1-4(10)8(11)9-7-5-2-12-3-6(5)7/h4-7,10H,2-3H2,1H3,(H,9,11)/t4-,5-,6+,7?/m0/s1. The van der Waals surface area contributed by atoms with E-state index in [1.54, 1.807) is 0 Å². The van der Waals surface area contributed by atoms with Crippen molar-refractivity contribution in [3.63, 3.8) is 0 Å². The Bertz CT molecular complexity index is 194. The van der Waals surface area contributed by atoms with E-state index in [9.17, 15) is 4.79 Å². The molecule has 0 aromatic heterocycles. The Labute approximate surface area is 70.9 Å². The molecule has 68 valence electrons. The first-order valence-electron chi connectivity index (χ1n) is 4.26. The summed E-state index contributed by atoms with van der Waals surface area (Å²) in [7, 11) is 0. The molecule has 0 spiro atoms. The summed E-state index contributed by atoms with van der Waals surface area (Å²) in [5, 5.41) is 11.7. The van der Waals surface area contributed by atoms with E-state index in [4.69, 9.17) is 9.84 Å². The first-order chi connectivity index (χ1) is 5.70. The first kappa shape index (κ1) is 8.01. The van der Waals surface area contributed by atoms with Crippen LogP contribution in [0, 0.1) is 11.8 Å². The number of aliphatic hydroxyl groups excluding tert-OH is 1. The van der Waals surface area contributed by atoms with Crippen LogP contribution in [0.25, 0.3) is 0 Å². The van der Waals surface area contributed by atoms with Crippen LogP contribution in [-0.2, 0) is 9.53 Å². The fraction of sp³-hybridized carbons (Fsp3) is 0.875. The van der Waals surface area contributed by atoms with Crippen LogP contribution < -0.4 is 5.32 Å². The SMILES string of the molecule is C[C@H](O)C(=O)NC1[C@H]2COC[C@@H]12. The van der Waals surface area contributed by atoms with Gasteiger partial charge in [-0.05, 0) is 6.92 Å². The van der Waals surface area contributed by atoms with Crippen molar-refractivity contribution in [1.29, 1.82) is 0 Å². The molecular formula is C8H13NO3. The Hall–Kier alpha value is -0.610. The zero-order chi connectivity index (χ0) is 8.72. The summed E-state index contributed by atoms with van der Waals surface area (Å²) >= 11 is 0. The number of carbonyl (C=O) groups excluding carboxylic acids is 1. The lowest BCUT2D eigenvalue weighted by Crippen LogP contribution is -2.36. The molecular weight excluding hydrogens is 158 g/mol. The number of ether oxygens (including phenoxy) is 1. The number of carbonyl (C=O) groups is 1. The molecule has 1 aliphatic carbocycles. The fourth-order valence-electron chi connectivity index (χ4n) is 1.74. The van der Waals surface area contributed by atoms with Crippen molar-refractivity contribution in [2.45, 2.75) is 19.1 Å². The highest BCUT2D eigenvalue weighted by Gasteiger charge is 2.54. The quantitative estimate of drug-likeness (QED) is 0.567. The molecule has 4 nitrogen and oxygen atoms in total. The maximum atomic E-state index is 11.0. The van der Waals surface area contributed by atoms with E-state index in [1.807, 2.05) is 0 Å². The molecule has 1 saturated heterocycles. The van der Waals surface area contributed by atoms with Crippen molar-refractivity contribution < 1.29 is 14.6 Å². The van der Waals surface area contributed by atoms with Gasteiger partial charge < -0.3 is 15.2 Å². The molecule has 12 heavy (non-hydrogen) atoms. The van der Waals surface area contributed by atoms with Gasteiger partial charge in [0.15, 0.2) is 0 Å². The van der Waals surface area contributed by atoms with Crippen LogP contribution in [0.4, 0.5) is 0 Å². The number of nitrogens with one attached hydrogen (secondary N) is 1. The molecule has 1 aliphatic heterocycles. The van der Waals surface area contributed by atoms with Gasteiger partial charge >= 0.3 is 0 Å². The molecule has 0 radical (unpaired) electrons. The minimum Gasteiger partial charge on any atom is -0.384 e. The van der Waals surface area contributed by atoms with E-state index in [0.29, 0.717) is 11.8 Å². The molecule has 2 aliphatic rings. The number of hydrogen-bond donors (Lipinski definition) is 2. The van der Waals surface area contributed by atoms with Crippen molar-refractivity contribution in [3.8, 4) is 0 Å². The lowest BCUT2D eigenvalue weighted by molar-refractivity contribution is -0.128. The van der Waals surface area contributed by atoms with Gasteiger partial charge in [0, 0.05) is 17.9 Å². The summed E-state index contributed by atoms with van der Waals surface area (Å²) < 4.78 is 5.16. The lowest BCUT2D eigenvalue weighted by Gasteiger charge is -2.08. The number of hydrogen-bond acceptors (Lipinski definition) is 3. The molecule has 1 unspecified atom stereocenters. The number of amides is 1. The summed E-state index contributed by atoms with van der Waals surface area (Å²) in [5.41, 5.74) is 0. The van der Waals surface area contributed by atoms with E-state index in [1.165, 1.54) is 6.92 Å². The zero-order valence-electron chi connectivity index (χ0n) is 6.99. The predicted octanol–water partition coefficient (Wildman–Crippen LogP) is -0.872. The van der Waals surface area contributed by atoms with E-state index in [2.05, 4.69) is 5.32 Å². The average Bonchev–Trinajstić information content (AvgIpc) is 2.46. The molecule has 1 saturated carbocycles. The predicted molar refractivity (Wildman–Crippen MR) is 41.4 cm³/mol. The van der Waals surface area contributed by atoms with Gasteiger partial charge in [-0.25, -0.2) is 0 Å². The van der Waals surface area contributed by atoms with Crippen LogP contribution in [0.5, 0.6) is 0 Å². The third kappa shape index (κ3) is 1.21. The van der Waals surface area contributed by atoms with Crippen molar-refractivity contribution in [2.24, 2.45) is 11.8 Å². The zero-order valence-corrected chi connectivity index (χ0v) is 6.99. The van der Waals surface area contributed by atoms with Crippen LogP contribution in [0.2, 0.25) is 0 Å². The van der Waals surface area contributed by atoms with Crippen molar-refractivity contribution in [2.75, 3.05) is 13.2 Å². The smallest absolute Gasteiger partial charge is 0.248 e. The second-order valence-corrected chi connectivity index (χ2v) is 3.58. The second kappa shape index (κ2) is 2.71. The van der Waals surface area contributed by atoms with E-state index in [0.717, 1.165) is 13.2 Å². The highest BCUT2D eigenvalue weighted by atomic mass is 16.5. The highest BCUT2D eigenvalue weighted by Crippen LogP contribution is 2.43. The van der Waals surface area contributed by atoms with E-state index in [-0.39, 0.29) is 11.9 Å². The number of aliphatic hydroxyl groups is 1. The summed E-state index contributed by atoms with van der Waals surface area (Å²) in [4.78, 5) is 11.0. The van der Waals surface area contributed by atoms with Crippen molar-refractivity contribution >= 4 is 5.91 Å².